The molecule has 0 atom stereocenters. The molecule has 0 fully saturated rings. The summed E-state index contributed by atoms with van der Waals surface area (Å²) in [6, 6.07) is 1.60. The second-order valence-electron chi connectivity index (χ2n) is 5.43. The number of rotatable bonds is 3. The van der Waals surface area contributed by atoms with Crippen LogP contribution in [0.4, 0.5) is 16.2 Å². The standard InChI is InChI=1S/C15H14FN9O/c1-18-12-11-10(8(16)6-25(11)23-15(17)22-12)9-3-4-24-13(21-9)7(5-20-24)14(26)19-2/h3-6H,1-2H3,(H,19,26)(H3,17,18,22,23). The Labute approximate surface area is 145 Å². The van der Waals surface area contributed by atoms with Crippen molar-refractivity contribution < 1.29 is 9.18 Å². The number of carbonyl (C=O) groups excluding carboxylic acids is 1. The summed E-state index contributed by atoms with van der Waals surface area (Å²) in [4.78, 5) is 20.5. The number of nitrogens with one attached hydrogen (secondary N) is 2. The van der Waals surface area contributed by atoms with Crippen molar-refractivity contribution in [3.8, 4) is 11.3 Å². The van der Waals surface area contributed by atoms with Crippen LogP contribution in [0, 0.1) is 5.82 Å². The maximum Gasteiger partial charge on any atom is 0.256 e. The third-order valence-electron chi connectivity index (χ3n) is 3.93. The molecule has 1 amide bonds. The molecule has 0 radical (unpaired) electrons. The van der Waals surface area contributed by atoms with Crippen molar-refractivity contribution >= 4 is 28.8 Å². The molecule has 11 heteroatoms. The Morgan fingerprint density at radius 2 is 2.08 bits per heavy atom. The van der Waals surface area contributed by atoms with E-state index in [0.29, 0.717) is 22.7 Å². The number of nitrogen functional groups attached to an aromatic ring is 1. The average molecular weight is 355 g/mol. The monoisotopic (exact) mass is 355 g/mol. The SMILES string of the molecule is CNC(=O)c1cnn2ccc(-c3c(F)cn4nc(N)nc(NC)c34)nc12. The number of nitrogens with two attached hydrogens (primary N) is 1. The molecule has 0 bridgehead atoms. The summed E-state index contributed by atoms with van der Waals surface area (Å²) in [6.07, 6.45) is 4.21. The third-order valence-corrected chi connectivity index (χ3v) is 3.93. The second kappa shape index (κ2) is 5.65. The van der Waals surface area contributed by atoms with Gasteiger partial charge in [0.05, 0.1) is 23.7 Å². The maximum absolute atomic E-state index is 14.7. The molecule has 0 aliphatic rings. The smallest absolute Gasteiger partial charge is 0.256 e. The first kappa shape index (κ1) is 15.7. The van der Waals surface area contributed by atoms with Gasteiger partial charge in [0.25, 0.3) is 5.91 Å². The number of anilines is 2. The zero-order valence-corrected chi connectivity index (χ0v) is 13.9. The van der Waals surface area contributed by atoms with Crippen molar-refractivity contribution in [3.05, 3.63) is 36.0 Å². The van der Waals surface area contributed by atoms with Crippen LogP contribution in [-0.4, -0.2) is 49.2 Å². The summed E-state index contributed by atoms with van der Waals surface area (Å²) in [7, 11) is 3.16. The van der Waals surface area contributed by atoms with Gasteiger partial charge in [-0.15, -0.1) is 5.10 Å². The molecule has 10 nitrogen and oxygen atoms in total. The van der Waals surface area contributed by atoms with Crippen LogP contribution in [0.15, 0.2) is 24.7 Å². The number of hydrogen-bond donors (Lipinski definition) is 3. The molecule has 4 rings (SSSR count). The van der Waals surface area contributed by atoms with Crippen molar-refractivity contribution in [2.24, 2.45) is 0 Å². The Hall–Kier alpha value is -3.76. The molecular weight excluding hydrogens is 341 g/mol. The van der Waals surface area contributed by atoms with Gasteiger partial charge in [0.1, 0.15) is 11.1 Å². The third kappa shape index (κ3) is 2.21. The summed E-state index contributed by atoms with van der Waals surface area (Å²) in [5, 5.41) is 13.5. The Morgan fingerprint density at radius 3 is 2.81 bits per heavy atom. The van der Waals surface area contributed by atoms with Gasteiger partial charge in [0.2, 0.25) is 5.95 Å². The van der Waals surface area contributed by atoms with Gasteiger partial charge in [-0.2, -0.15) is 10.1 Å². The number of fused-ring (bicyclic) bond motifs is 2. The summed E-state index contributed by atoms with van der Waals surface area (Å²) >= 11 is 0. The lowest BCUT2D eigenvalue weighted by molar-refractivity contribution is 0.0964. The Bertz CT molecular complexity index is 1160. The van der Waals surface area contributed by atoms with E-state index in [0.717, 1.165) is 0 Å². The van der Waals surface area contributed by atoms with Gasteiger partial charge in [-0.25, -0.2) is 18.4 Å². The van der Waals surface area contributed by atoms with Gasteiger partial charge >= 0.3 is 0 Å². The maximum atomic E-state index is 14.7. The fraction of sp³-hybridized carbons (Fsp3) is 0.133. The predicted molar refractivity (Wildman–Crippen MR) is 92.3 cm³/mol. The van der Waals surface area contributed by atoms with Crippen molar-refractivity contribution in [2.45, 2.75) is 0 Å². The minimum absolute atomic E-state index is 0.00417. The van der Waals surface area contributed by atoms with Gasteiger partial charge in [0, 0.05) is 20.3 Å². The van der Waals surface area contributed by atoms with Crippen molar-refractivity contribution in [3.63, 3.8) is 0 Å². The van der Waals surface area contributed by atoms with Crippen molar-refractivity contribution in [1.82, 2.24) is 34.5 Å². The molecule has 0 spiro atoms. The predicted octanol–water partition coefficient (Wildman–Crippen LogP) is 0.562. The van der Waals surface area contributed by atoms with E-state index < -0.39 is 5.82 Å². The number of hydrogen-bond acceptors (Lipinski definition) is 7. The van der Waals surface area contributed by atoms with E-state index in [1.165, 1.54) is 28.5 Å². The normalized spacial score (nSPS) is 11.2. The summed E-state index contributed by atoms with van der Waals surface area (Å²) in [5.41, 5.74) is 7.14. The van der Waals surface area contributed by atoms with Crippen molar-refractivity contribution in [1.29, 1.82) is 0 Å². The van der Waals surface area contributed by atoms with Crippen LogP contribution >= 0.6 is 0 Å². The highest BCUT2D eigenvalue weighted by molar-refractivity contribution is 6.00. The van der Waals surface area contributed by atoms with Crippen LogP contribution in [0.25, 0.3) is 22.4 Å². The van der Waals surface area contributed by atoms with E-state index in [1.807, 2.05) is 0 Å². The van der Waals surface area contributed by atoms with Crippen LogP contribution < -0.4 is 16.4 Å². The Morgan fingerprint density at radius 1 is 1.27 bits per heavy atom. The molecule has 0 aliphatic carbocycles. The molecule has 0 aromatic carbocycles. The van der Waals surface area contributed by atoms with E-state index in [9.17, 15) is 9.18 Å². The molecule has 4 N–H and O–H groups in total. The molecule has 4 aromatic heterocycles. The summed E-state index contributed by atoms with van der Waals surface area (Å²) in [5.74, 6) is -0.513. The van der Waals surface area contributed by atoms with E-state index in [1.54, 1.807) is 19.3 Å². The first-order chi connectivity index (χ1) is 12.5. The van der Waals surface area contributed by atoms with Crippen LogP contribution in [0.3, 0.4) is 0 Å². The zero-order chi connectivity index (χ0) is 18.4. The van der Waals surface area contributed by atoms with Crippen LogP contribution in [0.2, 0.25) is 0 Å². The highest BCUT2D eigenvalue weighted by atomic mass is 19.1. The fourth-order valence-electron chi connectivity index (χ4n) is 2.79. The largest absolute Gasteiger partial charge is 0.371 e. The van der Waals surface area contributed by atoms with Crippen LogP contribution in [0.5, 0.6) is 0 Å². The van der Waals surface area contributed by atoms with Gasteiger partial charge in [-0.1, -0.05) is 0 Å². The van der Waals surface area contributed by atoms with Gasteiger partial charge < -0.3 is 16.4 Å². The molecule has 4 heterocycles. The molecule has 4 aromatic rings. The Kier molecular flexibility index (Phi) is 3.42. The van der Waals surface area contributed by atoms with Gasteiger partial charge in [-0.3, -0.25) is 4.79 Å². The van der Waals surface area contributed by atoms with E-state index in [2.05, 4.69) is 30.8 Å². The number of carbonyl (C=O) groups is 1. The molecular formula is C15H14FN9O. The van der Waals surface area contributed by atoms with E-state index in [4.69, 9.17) is 5.73 Å². The lowest BCUT2D eigenvalue weighted by atomic mass is 10.2. The first-order valence-electron chi connectivity index (χ1n) is 7.62. The number of aromatic nitrogens is 6. The lowest BCUT2D eigenvalue weighted by Crippen LogP contribution is -2.17. The first-order valence-corrected chi connectivity index (χ1v) is 7.62. The van der Waals surface area contributed by atoms with E-state index in [-0.39, 0.29) is 23.0 Å². The van der Waals surface area contributed by atoms with E-state index >= 15 is 0 Å². The molecule has 0 saturated carbocycles. The molecule has 0 unspecified atom stereocenters. The summed E-state index contributed by atoms with van der Waals surface area (Å²) in [6.45, 7) is 0. The quantitative estimate of drug-likeness (QED) is 0.490. The zero-order valence-electron chi connectivity index (χ0n) is 13.9. The number of nitrogens with zero attached hydrogens (tertiary/aromatic N) is 6. The molecule has 0 saturated heterocycles. The summed E-state index contributed by atoms with van der Waals surface area (Å²) < 4.78 is 17.4. The Balaban J connectivity index is 2.01. The minimum Gasteiger partial charge on any atom is -0.371 e. The van der Waals surface area contributed by atoms with Crippen LogP contribution in [-0.2, 0) is 0 Å². The van der Waals surface area contributed by atoms with Crippen LogP contribution in [0.1, 0.15) is 10.4 Å². The fourth-order valence-corrected chi connectivity index (χ4v) is 2.79. The number of halogens is 1. The lowest BCUT2D eigenvalue weighted by Gasteiger charge is -2.07. The highest BCUT2D eigenvalue weighted by Crippen LogP contribution is 2.32. The topological polar surface area (TPSA) is 128 Å². The number of amides is 1. The van der Waals surface area contributed by atoms with Crippen molar-refractivity contribution in [2.75, 3.05) is 25.1 Å². The molecule has 132 valence electrons. The molecule has 0 aliphatic heterocycles. The molecule has 26 heavy (non-hydrogen) atoms. The average Bonchev–Trinajstić information content (AvgIpc) is 3.19. The van der Waals surface area contributed by atoms with Gasteiger partial charge in [-0.05, 0) is 6.07 Å². The van der Waals surface area contributed by atoms with Gasteiger partial charge in [0.15, 0.2) is 17.3 Å². The highest BCUT2D eigenvalue weighted by Gasteiger charge is 2.21. The second-order valence-corrected chi connectivity index (χ2v) is 5.43. The minimum atomic E-state index is -0.542.